The Kier molecular flexibility index (Phi) is 5.93. The van der Waals surface area contributed by atoms with E-state index in [0.29, 0.717) is 16.9 Å². The average molecular weight is 435 g/mol. The van der Waals surface area contributed by atoms with E-state index in [0.717, 1.165) is 32.0 Å². The van der Waals surface area contributed by atoms with Gasteiger partial charge in [0.2, 0.25) is 0 Å². The van der Waals surface area contributed by atoms with E-state index in [2.05, 4.69) is 0 Å². The molecule has 1 N–H and O–H groups in total. The number of thiophene rings is 1. The Bertz CT molecular complexity index is 1210. The van der Waals surface area contributed by atoms with Crippen LogP contribution >= 0.6 is 11.3 Å². The summed E-state index contributed by atoms with van der Waals surface area (Å²) in [5, 5.41) is 10.3. The summed E-state index contributed by atoms with van der Waals surface area (Å²) in [6.07, 6.45) is -0.918. The number of fused-ring (bicyclic) bond motifs is 1. The molecule has 1 aromatic heterocycles. The van der Waals surface area contributed by atoms with E-state index in [1.165, 1.54) is 6.92 Å². The second kappa shape index (κ2) is 8.79. The Hall–Kier alpha value is -3.35. The molecule has 4 rings (SSSR count). The molecule has 5 nitrogen and oxygen atoms in total. The van der Waals surface area contributed by atoms with Crippen LogP contribution in [0.1, 0.15) is 22.8 Å². The molecule has 0 aliphatic rings. The van der Waals surface area contributed by atoms with Gasteiger partial charge in [-0.25, -0.2) is 0 Å². The van der Waals surface area contributed by atoms with Gasteiger partial charge in [0, 0.05) is 26.1 Å². The zero-order valence-electron chi connectivity index (χ0n) is 17.4. The summed E-state index contributed by atoms with van der Waals surface area (Å²) < 4.78 is 16.9. The molecule has 0 radical (unpaired) electrons. The summed E-state index contributed by atoms with van der Waals surface area (Å²) in [5.74, 6) is 1.93. The van der Waals surface area contributed by atoms with Crippen LogP contribution in [0.5, 0.6) is 17.2 Å². The molecule has 0 bridgehead atoms. The van der Waals surface area contributed by atoms with Gasteiger partial charge in [-0.05, 0) is 79.2 Å². The van der Waals surface area contributed by atoms with Crippen LogP contribution in [0.15, 0.2) is 66.7 Å². The van der Waals surface area contributed by atoms with Gasteiger partial charge < -0.3 is 19.3 Å². The summed E-state index contributed by atoms with van der Waals surface area (Å²) in [5.41, 5.74) is 2.14. The topological polar surface area (TPSA) is 65.0 Å². The van der Waals surface area contributed by atoms with Crippen molar-refractivity contribution in [2.45, 2.75) is 13.2 Å². The molecule has 0 aliphatic carbocycles. The monoisotopic (exact) mass is 434 g/mol. The molecule has 3 aromatic carbocycles. The molecule has 0 saturated heterocycles. The largest absolute Gasteiger partial charge is 0.497 e. The summed E-state index contributed by atoms with van der Waals surface area (Å²) in [6.45, 7) is 1.53. The van der Waals surface area contributed by atoms with Gasteiger partial charge in [-0.3, -0.25) is 4.79 Å². The van der Waals surface area contributed by atoms with E-state index in [4.69, 9.17) is 14.2 Å². The summed E-state index contributed by atoms with van der Waals surface area (Å²) in [7, 11) is 3.25. The third-order valence-corrected chi connectivity index (χ3v) is 6.10. The first kappa shape index (κ1) is 20.9. The number of methoxy groups -OCH3 is 2. The number of carbonyl (C=O) groups excluding carboxylic acids is 1. The van der Waals surface area contributed by atoms with E-state index < -0.39 is 6.29 Å². The number of ether oxygens (including phenoxy) is 3. The Morgan fingerprint density at radius 2 is 1.48 bits per heavy atom. The minimum Gasteiger partial charge on any atom is -0.497 e. The van der Waals surface area contributed by atoms with E-state index in [-0.39, 0.29) is 5.78 Å². The SMILES string of the molecule is COc1ccc(-c2sc3cc(OC)ccc3c2C(=O)c2ccc(OC(C)O)cc2)cc1. The van der Waals surface area contributed by atoms with Crippen LogP contribution in [0.2, 0.25) is 0 Å². The number of carbonyl (C=O) groups is 1. The normalized spacial score (nSPS) is 11.9. The number of rotatable bonds is 7. The Labute approximate surface area is 184 Å². The Balaban J connectivity index is 1.83. The van der Waals surface area contributed by atoms with Crippen LogP contribution < -0.4 is 14.2 Å². The fourth-order valence-electron chi connectivity index (χ4n) is 3.40. The summed E-state index contributed by atoms with van der Waals surface area (Å²) in [4.78, 5) is 14.5. The third-order valence-electron chi connectivity index (χ3n) is 4.90. The average Bonchev–Trinajstić information content (AvgIpc) is 3.17. The first-order valence-electron chi connectivity index (χ1n) is 9.74. The maximum Gasteiger partial charge on any atom is 0.195 e. The maximum absolute atomic E-state index is 13.6. The molecular weight excluding hydrogens is 412 g/mol. The van der Waals surface area contributed by atoms with Crippen LogP contribution in [0.25, 0.3) is 20.5 Å². The molecule has 4 aromatic rings. The smallest absolute Gasteiger partial charge is 0.195 e. The second-order valence-corrected chi connectivity index (χ2v) is 8.02. The quantitative estimate of drug-likeness (QED) is 0.306. The van der Waals surface area contributed by atoms with E-state index in [9.17, 15) is 9.90 Å². The van der Waals surface area contributed by atoms with Crippen molar-refractivity contribution in [3.05, 3.63) is 77.9 Å². The molecule has 1 unspecified atom stereocenters. The lowest BCUT2D eigenvalue weighted by Crippen LogP contribution is -2.09. The van der Waals surface area contributed by atoms with Gasteiger partial charge in [-0.15, -0.1) is 11.3 Å². The summed E-state index contributed by atoms with van der Waals surface area (Å²) >= 11 is 1.56. The Morgan fingerprint density at radius 3 is 2.10 bits per heavy atom. The van der Waals surface area contributed by atoms with Crippen LogP contribution in [0, 0.1) is 0 Å². The van der Waals surface area contributed by atoms with E-state index >= 15 is 0 Å². The standard InChI is InChI=1S/C25H22O5S/c1-15(26)30-19-10-4-16(5-11-19)24(27)23-21-13-12-20(29-3)14-22(21)31-25(23)17-6-8-18(28-2)9-7-17/h4-15,26H,1-3H3. The van der Waals surface area contributed by atoms with Crippen molar-refractivity contribution in [3.63, 3.8) is 0 Å². The van der Waals surface area contributed by atoms with Crippen molar-refractivity contribution < 1.29 is 24.1 Å². The van der Waals surface area contributed by atoms with Crippen molar-refractivity contribution in [2.24, 2.45) is 0 Å². The molecule has 1 heterocycles. The van der Waals surface area contributed by atoms with Crippen molar-refractivity contribution >= 4 is 27.2 Å². The van der Waals surface area contributed by atoms with Gasteiger partial charge in [-0.1, -0.05) is 0 Å². The number of hydrogen-bond donors (Lipinski definition) is 1. The highest BCUT2D eigenvalue weighted by Gasteiger charge is 2.22. The molecule has 6 heteroatoms. The lowest BCUT2D eigenvalue weighted by Gasteiger charge is -2.10. The van der Waals surface area contributed by atoms with E-state index in [1.54, 1.807) is 49.8 Å². The molecule has 0 amide bonds. The number of hydrogen-bond acceptors (Lipinski definition) is 6. The van der Waals surface area contributed by atoms with Crippen LogP contribution in [0.3, 0.4) is 0 Å². The van der Waals surface area contributed by atoms with Crippen molar-refractivity contribution in [1.29, 1.82) is 0 Å². The van der Waals surface area contributed by atoms with Crippen molar-refractivity contribution in [3.8, 4) is 27.7 Å². The van der Waals surface area contributed by atoms with Crippen LogP contribution in [0.4, 0.5) is 0 Å². The first-order chi connectivity index (χ1) is 15.0. The van der Waals surface area contributed by atoms with Gasteiger partial charge in [0.15, 0.2) is 12.1 Å². The highest BCUT2D eigenvalue weighted by molar-refractivity contribution is 7.22. The first-order valence-corrected chi connectivity index (χ1v) is 10.6. The summed E-state index contributed by atoms with van der Waals surface area (Å²) in [6, 6.07) is 20.2. The number of ketones is 1. The van der Waals surface area contributed by atoms with Crippen LogP contribution in [-0.2, 0) is 0 Å². The molecule has 158 valence electrons. The highest BCUT2D eigenvalue weighted by atomic mass is 32.1. The number of benzene rings is 3. The van der Waals surface area contributed by atoms with Gasteiger partial charge in [-0.2, -0.15) is 0 Å². The predicted octanol–water partition coefficient (Wildman–Crippen LogP) is 5.53. The van der Waals surface area contributed by atoms with Gasteiger partial charge in [0.1, 0.15) is 17.2 Å². The lowest BCUT2D eigenvalue weighted by atomic mass is 9.97. The number of aliphatic hydroxyl groups excluding tert-OH is 1. The highest BCUT2D eigenvalue weighted by Crippen LogP contribution is 2.41. The zero-order chi connectivity index (χ0) is 22.0. The van der Waals surface area contributed by atoms with E-state index in [1.807, 2.05) is 42.5 Å². The Morgan fingerprint density at radius 1 is 0.871 bits per heavy atom. The fourth-order valence-corrected chi connectivity index (χ4v) is 4.63. The van der Waals surface area contributed by atoms with Crippen molar-refractivity contribution in [2.75, 3.05) is 14.2 Å². The zero-order valence-corrected chi connectivity index (χ0v) is 18.2. The van der Waals surface area contributed by atoms with Gasteiger partial charge >= 0.3 is 0 Å². The molecular formula is C25H22O5S. The number of aliphatic hydroxyl groups is 1. The molecule has 0 fully saturated rings. The minimum absolute atomic E-state index is 0.0779. The lowest BCUT2D eigenvalue weighted by molar-refractivity contribution is -0.000292. The fraction of sp³-hybridized carbons (Fsp3) is 0.160. The van der Waals surface area contributed by atoms with Crippen molar-refractivity contribution in [1.82, 2.24) is 0 Å². The minimum atomic E-state index is -0.918. The van der Waals surface area contributed by atoms with Gasteiger partial charge in [0.05, 0.1) is 14.2 Å². The molecule has 0 saturated carbocycles. The maximum atomic E-state index is 13.6. The molecule has 0 spiro atoms. The molecule has 31 heavy (non-hydrogen) atoms. The molecule has 1 atom stereocenters. The third kappa shape index (κ3) is 4.26. The molecule has 0 aliphatic heterocycles. The van der Waals surface area contributed by atoms with Crippen LogP contribution in [-0.4, -0.2) is 31.4 Å². The predicted molar refractivity (Wildman–Crippen MR) is 123 cm³/mol. The van der Waals surface area contributed by atoms with Gasteiger partial charge in [0.25, 0.3) is 0 Å². The second-order valence-electron chi connectivity index (χ2n) is 6.97.